The number of nitrogens with zero attached hydrogens (tertiary/aromatic N) is 3. The third-order valence-corrected chi connectivity index (χ3v) is 5.76. The smallest absolute Gasteiger partial charge is 0.143 e. The molecule has 0 spiro atoms. The molecule has 0 unspecified atom stereocenters. The molecule has 0 aliphatic rings. The molecule has 8 heteroatoms. The summed E-state index contributed by atoms with van der Waals surface area (Å²) in [6, 6.07) is 6.71. The quantitative estimate of drug-likeness (QED) is 0.438. The van der Waals surface area contributed by atoms with Crippen LogP contribution in [0.1, 0.15) is 6.92 Å². The Kier molecular flexibility index (Phi) is 4.37. The van der Waals surface area contributed by atoms with E-state index in [1.54, 1.807) is 18.3 Å². The third kappa shape index (κ3) is 2.95. The fraction of sp³-hybridized carbons (Fsp3) is 0.111. The van der Waals surface area contributed by atoms with Gasteiger partial charge in [0.05, 0.1) is 16.1 Å². The number of aromatic nitrogens is 3. The molecule has 0 bridgehead atoms. The number of aryl methyl sites for hydroxylation is 1. The molecule has 0 fully saturated rings. The highest BCUT2D eigenvalue weighted by Crippen LogP contribution is 2.38. The van der Waals surface area contributed by atoms with Gasteiger partial charge in [0, 0.05) is 35.1 Å². The zero-order chi connectivity index (χ0) is 18.3. The van der Waals surface area contributed by atoms with Crippen LogP contribution < -0.4 is 0 Å². The van der Waals surface area contributed by atoms with Gasteiger partial charge in [-0.05, 0) is 25.1 Å². The normalized spacial score (nSPS) is 11.2. The fourth-order valence-corrected chi connectivity index (χ4v) is 4.37. The minimum atomic E-state index is -0.933. The first kappa shape index (κ1) is 17.0. The summed E-state index contributed by atoms with van der Waals surface area (Å²) in [5.74, 6) is -2.76. The van der Waals surface area contributed by atoms with Gasteiger partial charge in [0.1, 0.15) is 28.2 Å². The van der Waals surface area contributed by atoms with E-state index in [0.29, 0.717) is 23.6 Å². The molecule has 26 heavy (non-hydrogen) atoms. The topological polar surface area (TPSA) is 30.7 Å². The second kappa shape index (κ2) is 6.69. The molecule has 0 atom stereocenters. The van der Waals surface area contributed by atoms with Crippen LogP contribution >= 0.6 is 22.7 Å². The second-order valence-electron chi connectivity index (χ2n) is 5.48. The van der Waals surface area contributed by atoms with Crippen LogP contribution in [-0.4, -0.2) is 14.8 Å². The molecule has 0 aliphatic carbocycles. The Labute approximate surface area is 155 Å². The van der Waals surface area contributed by atoms with Crippen molar-refractivity contribution in [1.82, 2.24) is 14.8 Å². The maximum atomic E-state index is 14.0. The van der Waals surface area contributed by atoms with E-state index in [1.165, 1.54) is 22.7 Å². The lowest BCUT2D eigenvalue weighted by Gasteiger charge is -2.03. The van der Waals surface area contributed by atoms with Crippen molar-refractivity contribution in [1.29, 1.82) is 0 Å². The summed E-state index contributed by atoms with van der Waals surface area (Å²) in [7, 11) is 0. The number of rotatable bonds is 4. The summed E-state index contributed by atoms with van der Waals surface area (Å²) >= 11 is 2.73. The largest absolute Gasteiger partial charge is 0.264 e. The van der Waals surface area contributed by atoms with E-state index >= 15 is 0 Å². The maximum absolute atomic E-state index is 14.0. The van der Waals surface area contributed by atoms with E-state index in [4.69, 9.17) is 0 Å². The molecule has 0 N–H and O–H groups in total. The molecule has 3 aromatic heterocycles. The highest BCUT2D eigenvalue weighted by Gasteiger charge is 2.18. The Hall–Kier alpha value is -2.45. The van der Waals surface area contributed by atoms with Crippen molar-refractivity contribution in [2.24, 2.45) is 0 Å². The molecule has 0 aliphatic heterocycles. The van der Waals surface area contributed by atoms with Gasteiger partial charge < -0.3 is 0 Å². The average Bonchev–Trinajstić information content (AvgIpc) is 3.33. The van der Waals surface area contributed by atoms with Gasteiger partial charge in [-0.25, -0.2) is 18.2 Å². The van der Waals surface area contributed by atoms with Crippen molar-refractivity contribution in [3.63, 3.8) is 0 Å². The van der Waals surface area contributed by atoms with Crippen LogP contribution in [0.4, 0.5) is 13.2 Å². The first-order valence-electron chi connectivity index (χ1n) is 7.79. The van der Waals surface area contributed by atoms with E-state index < -0.39 is 17.5 Å². The van der Waals surface area contributed by atoms with E-state index in [0.717, 1.165) is 21.3 Å². The Bertz CT molecular complexity index is 1040. The van der Waals surface area contributed by atoms with Crippen molar-refractivity contribution >= 4 is 22.7 Å². The van der Waals surface area contributed by atoms with Gasteiger partial charge in [-0.1, -0.05) is 0 Å². The highest BCUT2D eigenvalue weighted by atomic mass is 32.1. The van der Waals surface area contributed by atoms with Gasteiger partial charge in [0.25, 0.3) is 0 Å². The molecule has 0 saturated carbocycles. The average molecular weight is 391 g/mol. The van der Waals surface area contributed by atoms with E-state index in [1.807, 2.05) is 23.1 Å². The molecular weight excluding hydrogens is 379 g/mol. The lowest BCUT2D eigenvalue weighted by molar-refractivity contribution is 0.548. The molecule has 4 aromatic rings. The SMILES string of the molecule is CCn1nc(-c2nccs2)cc1-c1ccc(-c2c(F)cc(F)cc2F)s1. The number of benzene rings is 1. The third-order valence-electron chi connectivity index (χ3n) is 3.84. The van der Waals surface area contributed by atoms with Crippen molar-refractivity contribution in [3.05, 3.63) is 59.4 Å². The van der Waals surface area contributed by atoms with E-state index in [9.17, 15) is 13.2 Å². The Morgan fingerprint density at radius 1 is 1.04 bits per heavy atom. The molecule has 3 nitrogen and oxygen atoms in total. The predicted molar refractivity (Wildman–Crippen MR) is 97.6 cm³/mol. The number of hydrogen-bond donors (Lipinski definition) is 0. The van der Waals surface area contributed by atoms with Gasteiger partial charge in [-0.15, -0.1) is 22.7 Å². The first-order chi connectivity index (χ1) is 12.6. The summed E-state index contributed by atoms with van der Waals surface area (Å²) in [6.07, 6.45) is 1.72. The van der Waals surface area contributed by atoms with Crippen LogP contribution in [-0.2, 0) is 6.54 Å². The molecular formula is C18H12F3N3S2. The minimum absolute atomic E-state index is 0.217. The molecule has 0 amide bonds. The van der Waals surface area contributed by atoms with Crippen molar-refractivity contribution < 1.29 is 13.2 Å². The summed E-state index contributed by atoms with van der Waals surface area (Å²) in [5, 5.41) is 7.24. The number of thiophene rings is 1. The number of hydrogen-bond acceptors (Lipinski definition) is 4. The van der Waals surface area contributed by atoms with E-state index in [-0.39, 0.29) is 5.56 Å². The van der Waals surface area contributed by atoms with Crippen LogP contribution in [0.3, 0.4) is 0 Å². The predicted octanol–water partition coefficient (Wildman–Crippen LogP) is 5.84. The first-order valence-corrected chi connectivity index (χ1v) is 9.49. The zero-order valence-electron chi connectivity index (χ0n) is 13.5. The second-order valence-corrected chi connectivity index (χ2v) is 7.45. The Balaban J connectivity index is 1.78. The molecule has 4 rings (SSSR count). The van der Waals surface area contributed by atoms with Crippen LogP contribution in [0.25, 0.3) is 31.7 Å². The van der Waals surface area contributed by atoms with Gasteiger partial charge >= 0.3 is 0 Å². The van der Waals surface area contributed by atoms with Crippen LogP contribution in [0.2, 0.25) is 0 Å². The lowest BCUT2D eigenvalue weighted by atomic mass is 10.1. The summed E-state index contributed by atoms with van der Waals surface area (Å²) in [5.41, 5.74) is 1.38. The minimum Gasteiger partial charge on any atom is -0.264 e. The Morgan fingerprint density at radius 3 is 2.42 bits per heavy atom. The van der Waals surface area contributed by atoms with Gasteiger partial charge in [-0.2, -0.15) is 5.10 Å². The molecule has 0 saturated heterocycles. The molecule has 3 heterocycles. The van der Waals surface area contributed by atoms with Crippen LogP contribution in [0, 0.1) is 17.5 Å². The zero-order valence-corrected chi connectivity index (χ0v) is 15.2. The standard InChI is InChI=1S/C18H12F3N3S2/c1-2-24-14(9-13(23-24)18-22-5-6-25-18)15-3-4-16(26-15)17-11(20)7-10(19)8-12(17)21/h3-9H,2H2,1H3. The molecule has 0 radical (unpaired) electrons. The fourth-order valence-electron chi connectivity index (χ4n) is 2.70. The van der Waals surface area contributed by atoms with Gasteiger partial charge in [-0.3, -0.25) is 4.68 Å². The Morgan fingerprint density at radius 2 is 1.77 bits per heavy atom. The van der Waals surface area contributed by atoms with E-state index in [2.05, 4.69) is 10.1 Å². The van der Waals surface area contributed by atoms with Crippen LogP contribution in [0.15, 0.2) is 41.9 Å². The number of halogens is 3. The number of thiazole rings is 1. The van der Waals surface area contributed by atoms with Crippen molar-refractivity contribution in [3.8, 4) is 31.7 Å². The molecule has 1 aromatic carbocycles. The molecule has 132 valence electrons. The monoisotopic (exact) mass is 391 g/mol. The summed E-state index contributed by atoms with van der Waals surface area (Å²) in [6.45, 7) is 2.61. The summed E-state index contributed by atoms with van der Waals surface area (Å²) in [4.78, 5) is 5.48. The van der Waals surface area contributed by atoms with Crippen molar-refractivity contribution in [2.45, 2.75) is 13.5 Å². The maximum Gasteiger partial charge on any atom is 0.143 e. The van der Waals surface area contributed by atoms with Crippen LogP contribution in [0.5, 0.6) is 0 Å². The summed E-state index contributed by atoms with van der Waals surface area (Å²) < 4.78 is 43.1. The van der Waals surface area contributed by atoms with Gasteiger partial charge in [0.15, 0.2) is 0 Å². The van der Waals surface area contributed by atoms with Gasteiger partial charge in [0.2, 0.25) is 0 Å². The van der Waals surface area contributed by atoms with Crippen molar-refractivity contribution in [2.75, 3.05) is 0 Å². The lowest BCUT2D eigenvalue weighted by Crippen LogP contribution is -1.98. The highest BCUT2D eigenvalue weighted by molar-refractivity contribution is 7.18.